The molecule has 0 spiro atoms. The van der Waals surface area contributed by atoms with Gasteiger partial charge in [0, 0.05) is 10.8 Å². The molecule has 0 bridgehead atoms. The van der Waals surface area contributed by atoms with Gasteiger partial charge in [-0.1, -0.05) is 131 Å². The van der Waals surface area contributed by atoms with Crippen molar-refractivity contribution in [3.8, 4) is 55.6 Å². The van der Waals surface area contributed by atoms with E-state index in [2.05, 4.69) is 162 Å². The zero-order valence-corrected chi connectivity index (χ0v) is 25.6. The minimum Gasteiger partial charge on any atom is -0.0622 e. The molecule has 43 heavy (non-hydrogen) atoms. The highest BCUT2D eigenvalue weighted by Crippen LogP contribution is 2.53. The van der Waals surface area contributed by atoms with E-state index in [1.54, 1.807) is 0 Å². The van der Waals surface area contributed by atoms with Gasteiger partial charge in [0.2, 0.25) is 0 Å². The zero-order valence-electron chi connectivity index (χ0n) is 25.6. The van der Waals surface area contributed by atoms with Crippen molar-refractivity contribution in [2.45, 2.75) is 45.4 Å². The number of rotatable bonds is 3. The summed E-state index contributed by atoms with van der Waals surface area (Å²) < 4.78 is 0. The molecule has 0 radical (unpaired) electrons. The quantitative estimate of drug-likeness (QED) is 0.205. The van der Waals surface area contributed by atoms with Crippen molar-refractivity contribution in [1.82, 2.24) is 0 Å². The lowest BCUT2D eigenvalue weighted by Crippen LogP contribution is -2.16. The third-order valence-electron chi connectivity index (χ3n) is 10.2. The second kappa shape index (κ2) is 9.16. The summed E-state index contributed by atoms with van der Waals surface area (Å²) >= 11 is 0. The molecule has 8 rings (SSSR count). The molecule has 0 saturated carbocycles. The monoisotopic (exact) mass is 552 g/mol. The first-order valence-corrected chi connectivity index (χ1v) is 15.4. The fourth-order valence-corrected chi connectivity index (χ4v) is 7.73. The molecule has 0 fully saturated rings. The van der Waals surface area contributed by atoms with Crippen molar-refractivity contribution >= 4 is 0 Å². The Morgan fingerprint density at radius 2 is 0.721 bits per heavy atom. The average Bonchev–Trinajstić information content (AvgIpc) is 3.39. The molecule has 2 aliphatic rings. The lowest BCUT2D eigenvalue weighted by molar-refractivity contribution is 0.659. The van der Waals surface area contributed by atoms with Gasteiger partial charge in [0.25, 0.3) is 0 Å². The molecular weight excluding hydrogens is 516 g/mol. The Labute approximate surface area is 255 Å². The smallest absolute Gasteiger partial charge is 0.0159 e. The van der Waals surface area contributed by atoms with Crippen molar-refractivity contribution in [2.75, 3.05) is 0 Å². The van der Waals surface area contributed by atoms with Crippen LogP contribution in [0.1, 0.15) is 55.5 Å². The van der Waals surface area contributed by atoms with Gasteiger partial charge in [0.05, 0.1) is 0 Å². The summed E-state index contributed by atoms with van der Waals surface area (Å²) in [6.07, 6.45) is 0. The summed E-state index contributed by atoms with van der Waals surface area (Å²) in [5.41, 5.74) is 20.1. The van der Waals surface area contributed by atoms with Crippen LogP contribution < -0.4 is 0 Å². The van der Waals surface area contributed by atoms with E-state index >= 15 is 0 Å². The van der Waals surface area contributed by atoms with Gasteiger partial charge in [-0.3, -0.25) is 0 Å². The normalized spacial score (nSPS) is 15.0. The highest BCUT2D eigenvalue weighted by atomic mass is 14.4. The SMILES string of the molecule is Cc1cc2c(cc1-c1ccc3c(c1)C(C)(C)c1cc(-c4ccccc4)ccc1-3)C(C)(C)c1cc(-c3ccccc3)ccc1-2. The van der Waals surface area contributed by atoms with Crippen LogP contribution in [0, 0.1) is 6.92 Å². The first-order chi connectivity index (χ1) is 20.7. The molecule has 0 aromatic heterocycles. The van der Waals surface area contributed by atoms with Gasteiger partial charge in [-0.15, -0.1) is 0 Å². The van der Waals surface area contributed by atoms with Gasteiger partial charge in [-0.05, 0) is 115 Å². The third kappa shape index (κ3) is 3.83. The summed E-state index contributed by atoms with van der Waals surface area (Å²) in [6.45, 7) is 11.8. The van der Waals surface area contributed by atoms with Crippen LogP contribution in [0.2, 0.25) is 0 Å². The fourth-order valence-electron chi connectivity index (χ4n) is 7.73. The molecule has 0 unspecified atom stereocenters. The lowest BCUT2D eigenvalue weighted by atomic mass is 9.79. The average molecular weight is 553 g/mol. The van der Waals surface area contributed by atoms with Crippen molar-refractivity contribution in [2.24, 2.45) is 0 Å². The summed E-state index contributed by atoms with van der Waals surface area (Å²) in [5, 5.41) is 0. The molecule has 208 valence electrons. The number of fused-ring (bicyclic) bond motifs is 6. The summed E-state index contributed by atoms with van der Waals surface area (Å²) in [4.78, 5) is 0. The largest absolute Gasteiger partial charge is 0.0622 e. The number of hydrogen-bond donors (Lipinski definition) is 0. The van der Waals surface area contributed by atoms with E-state index in [0.29, 0.717) is 0 Å². The van der Waals surface area contributed by atoms with E-state index in [1.165, 1.54) is 83.5 Å². The Hall–Kier alpha value is -4.68. The zero-order chi connectivity index (χ0) is 29.5. The highest BCUT2D eigenvalue weighted by Gasteiger charge is 2.38. The van der Waals surface area contributed by atoms with Crippen molar-refractivity contribution in [1.29, 1.82) is 0 Å². The maximum atomic E-state index is 2.48. The predicted molar refractivity (Wildman–Crippen MR) is 183 cm³/mol. The van der Waals surface area contributed by atoms with Gasteiger partial charge < -0.3 is 0 Å². The molecule has 0 saturated heterocycles. The van der Waals surface area contributed by atoms with Gasteiger partial charge in [0.15, 0.2) is 0 Å². The Bertz CT molecular complexity index is 2060. The van der Waals surface area contributed by atoms with Crippen LogP contribution in [0.15, 0.2) is 127 Å². The summed E-state index contributed by atoms with van der Waals surface area (Å²) in [6, 6.07) is 47.6. The Kier molecular flexibility index (Phi) is 5.53. The molecule has 0 heterocycles. The molecule has 0 nitrogen and oxygen atoms in total. The minimum absolute atomic E-state index is 0.0700. The van der Waals surface area contributed by atoms with Crippen LogP contribution in [-0.2, 0) is 10.8 Å². The molecule has 6 aromatic rings. The van der Waals surface area contributed by atoms with Gasteiger partial charge in [-0.25, -0.2) is 0 Å². The number of aryl methyl sites for hydroxylation is 1. The van der Waals surface area contributed by atoms with Crippen LogP contribution in [0.3, 0.4) is 0 Å². The first kappa shape index (κ1) is 26.0. The van der Waals surface area contributed by atoms with Crippen LogP contribution in [0.4, 0.5) is 0 Å². The number of benzene rings is 6. The van der Waals surface area contributed by atoms with Crippen molar-refractivity contribution < 1.29 is 0 Å². The third-order valence-corrected chi connectivity index (χ3v) is 10.2. The minimum atomic E-state index is -0.0714. The molecule has 0 amide bonds. The van der Waals surface area contributed by atoms with Crippen LogP contribution in [-0.4, -0.2) is 0 Å². The number of hydrogen-bond acceptors (Lipinski definition) is 0. The Morgan fingerprint density at radius 3 is 1.21 bits per heavy atom. The standard InChI is InChI=1S/C43H36/c1-27-22-37-35-20-17-31(29-14-10-7-11-15-29)24-39(35)43(4,5)41(37)26-36(27)32-18-21-34-33-19-16-30(28-12-8-6-9-13-28)23-38(33)42(2,3)40(34)25-32/h6-26H,1-5H3. The second-order valence-corrected chi connectivity index (χ2v) is 13.5. The van der Waals surface area contributed by atoms with Crippen molar-refractivity contribution in [3.05, 3.63) is 155 Å². The molecular formula is C43H36. The van der Waals surface area contributed by atoms with E-state index in [-0.39, 0.29) is 10.8 Å². The maximum Gasteiger partial charge on any atom is 0.0159 e. The van der Waals surface area contributed by atoms with Gasteiger partial charge >= 0.3 is 0 Å². The molecule has 0 aliphatic heterocycles. The van der Waals surface area contributed by atoms with Gasteiger partial charge in [-0.2, -0.15) is 0 Å². The summed E-state index contributed by atoms with van der Waals surface area (Å²) in [7, 11) is 0. The molecule has 2 aliphatic carbocycles. The van der Waals surface area contributed by atoms with E-state index in [4.69, 9.17) is 0 Å². The second-order valence-electron chi connectivity index (χ2n) is 13.5. The molecule has 6 aromatic carbocycles. The molecule has 0 heteroatoms. The van der Waals surface area contributed by atoms with Crippen molar-refractivity contribution in [3.63, 3.8) is 0 Å². The maximum absolute atomic E-state index is 2.48. The Morgan fingerprint density at radius 1 is 0.326 bits per heavy atom. The van der Waals surface area contributed by atoms with E-state index in [0.717, 1.165) is 0 Å². The molecule has 0 N–H and O–H groups in total. The highest BCUT2D eigenvalue weighted by molar-refractivity contribution is 5.89. The van der Waals surface area contributed by atoms with E-state index in [1.807, 2.05) is 0 Å². The van der Waals surface area contributed by atoms with Gasteiger partial charge in [0.1, 0.15) is 0 Å². The van der Waals surface area contributed by atoms with E-state index in [9.17, 15) is 0 Å². The van der Waals surface area contributed by atoms with Crippen LogP contribution >= 0.6 is 0 Å². The van der Waals surface area contributed by atoms with Crippen LogP contribution in [0.25, 0.3) is 55.6 Å². The summed E-state index contributed by atoms with van der Waals surface area (Å²) in [5.74, 6) is 0. The van der Waals surface area contributed by atoms with Crippen LogP contribution in [0.5, 0.6) is 0 Å². The topological polar surface area (TPSA) is 0 Å². The molecule has 0 atom stereocenters. The Balaban J connectivity index is 1.21. The lowest BCUT2D eigenvalue weighted by Gasteiger charge is -2.24. The first-order valence-electron chi connectivity index (χ1n) is 15.4. The van der Waals surface area contributed by atoms with E-state index < -0.39 is 0 Å². The predicted octanol–water partition coefficient (Wildman–Crippen LogP) is 11.6. The fraction of sp³-hybridized carbons (Fsp3) is 0.163.